The summed E-state index contributed by atoms with van der Waals surface area (Å²) in [6, 6.07) is 9.06. The molecule has 0 bridgehead atoms. The molecule has 0 saturated heterocycles. The number of hydrogen-bond acceptors (Lipinski definition) is 6. The van der Waals surface area contributed by atoms with Gasteiger partial charge in [-0.15, -0.1) is 5.10 Å². The number of rotatable bonds is 6. The van der Waals surface area contributed by atoms with Crippen LogP contribution in [0.2, 0.25) is 0 Å². The maximum atomic E-state index is 13.4. The van der Waals surface area contributed by atoms with Crippen LogP contribution in [0.1, 0.15) is 0 Å². The molecule has 8 heteroatoms. The van der Waals surface area contributed by atoms with E-state index in [1.165, 1.54) is 24.5 Å². The first-order valence-electron chi connectivity index (χ1n) is 6.80. The third-order valence-electron chi connectivity index (χ3n) is 2.99. The summed E-state index contributed by atoms with van der Waals surface area (Å²) in [7, 11) is 0. The zero-order valence-electron chi connectivity index (χ0n) is 11.9. The Bertz CT molecular complexity index is 825. The van der Waals surface area contributed by atoms with Crippen LogP contribution < -0.4 is 10.5 Å². The van der Waals surface area contributed by atoms with Gasteiger partial charge in [-0.05, 0) is 24.3 Å². The van der Waals surface area contributed by atoms with Crippen molar-refractivity contribution in [1.82, 2.24) is 9.78 Å². The number of furan rings is 1. The smallest absolute Gasteiger partial charge is 0.437 e. The van der Waals surface area contributed by atoms with Crippen LogP contribution in [-0.4, -0.2) is 27.6 Å². The lowest BCUT2D eigenvalue weighted by atomic mass is 10.3. The maximum absolute atomic E-state index is 13.4. The third kappa shape index (κ3) is 3.49. The van der Waals surface area contributed by atoms with Gasteiger partial charge in [0.25, 0.3) is 5.89 Å². The zero-order chi connectivity index (χ0) is 16.2. The van der Waals surface area contributed by atoms with Gasteiger partial charge in [0.2, 0.25) is 0 Å². The second-order valence-electron chi connectivity index (χ2n) is 4.73. The molecular weight excluding hydrogens is 307 g/mol. The van der Waals surface area contributed by atoms with Crippen LogP contribution in [0.25, 0.3) is 11.7 Å². The standard InChI is InChI=1S/C15H13FN2O5/c16-11-4-1-2-5-12(11)22-9-10(19)8-18-15(20)23-14(17-18)13-6-3-7-21-13/h1-7,10,19H,8-9H2. The minimum atomic E-state index is -1.07. The molecule has 23 heavy (non-hydrogen) atoms. The first-order chi connectivity index (χ1) is 11.1. The largest absolute Gasteiger partial charge is 0.488 e. The number of ether oxygens (including phenoxy) is 1. The van der Waals surface area contributed by atoms with E-state index in [2.05, 4.69) is 5.10 Å². The van der Waals surface area contributed by atoms with Crippen LogP contribution in [0.4, 0.5) is 4.39 Å². The van der Waals surface area contributed by atoms with Crippen molar-refractivity contribution in [2.45, 2.75) is 12.6 Å². The molecule has 2 aromatic heterocycles. The molecule has 1 aromatic carbocycles. The molecule has 0 aliphatic carbocycles. The van der Waals surface area contributed by atoms with Crippen molar-refractivity contribution in [1.29, 1.82) is 0 Å². The van der Waals surface area contributed by atoms with E-state index in [4.69, 9.17) is 13.6 Å². The SMILES string of the molecule is O=c1oc(-c2ccco2)nn1CC(O)COc1ccccc1F. The molecule has 0 fully saturated rings. The van der Waals surface area contributed by atoms with E-state index >= 15 is 0 Å². The summed E-state index contributed by atoms with van der Waals surface area (Å²) in [6.45, 7) is -0.353. The topological polar surface area (TPSA) is 90.6 Å². The molecule has 120 valence electrons. The molecule has 0 aliphatic rings. The first-order valence-corrected chi connectivity index (χ1v) is 6.80. The molecule has 1 atom stereocenters. The lowest BCUT2D eigenvalue weighted by Gasteiger charge is -2.11. The van der Waals surface area contributed by atoms with Gasteiger partial charge in [0.05, 0.1) is 12.8 Å². The van der Waals surface area contributed by atoms with E-state index < -0.39 is 17.7 Å². The summed E-state index contributed by atoms with van der Waals surface area (Å²) in [5.41, 5.74) is 0. The number of nitrogens with zero attached hydrogens (tertiary/aromatic N) is 2. The van der Waals surface area contributed by atoms with E-state index in [1.54, 1.807) is 18.2 Å². The summed E-state index contributed by atoms with van der Waals surface area (Å²) >= 11 is 0. The highest BCUT2D eigenvalue weighted by Crippen LogP contribution is 2.16. The molecule has 2 heterocycles. The molecule has 0 radical (unpaired) electrons. The molecule has 1 unspecified atom stereocenters. The summed E-state index contributed by atoms with van der Waals surface area (Å²) in [4.78, 5) is 11.7. The Morgan fingerprint density at radius 3 is 2.87 bits per heavy atom. The second-order valence-corrected chi connectivity index (χ2v) is 4.73. The van der Waals surface area contributed by atoms with E-state index in [0.29, 0.717) is 5.76 Å². The Morgan fingerprint density at radius 1 is 1.30 bits per heavy atom. The van der Waals surface area contributed by atoms with E-state index in [1.807, 2.05) is 0 Å². The number of hydrogen-bond donors (Lipinski definition) is 1. The van der Waals surface area contributed by atoms with Crippen LogP contribution in [0, 0.1) is 5.82 Å². The predicted octanol–water partition coefficient (Wildman–Crippen LogP) is 1.68. The fraction of sp³-hybridized carbons (Fsp3) is 0.200. The van der Waals surface area contributed by atoms with E-state index in [-0.39, 0.29) is 24.8 Å². The fourth-order valence-corrected chi connectivity index (χ4v) is 1.92. The van der Waals surface area contributed by atoms with Gasteiger partial charge in [-0.25, -0.2) is 9.18 Å². The number of aliphatic hydroxyl groups is 1. The molecule has 0 spiro atoms. The van der Waals surface area contributed by atoms with Crippen LogP contribution >= 0.6 is 0 Å². The minimum absolute atomic E-state index is 0.0159. The van der Waals surface area contributed by atoms with Gasteiger partial charge in [-0.1, -0.05) is 12.1 Å². The van der Waals surface area contributed by atoms with Gasteiger partial charge in [0, 0.05) is 0 Å². The van der Waals surface area contributed by atoms with Gasteiger partial charge < -0.3 is 18.7 Å². The van der Waals surface area contributed by atoms with Crippen LogP contribution in [0.15, 0.2) is 56.3 Å². The van der Waals surface area contributed by atoms with E-state index in [0.717, 1.165) is 4.68 Å². The Hall–Kier alpha value is -2.87. The van der Waals surface area contributed by atoms with Crippen molar-refractivity contribution in [3.8, 4) is 17.4 Å². The third-order valence-corrected chi connectivity index (χ3v) is 2.99. The number of aromatic nitrogens is 2. The maximum Gasteiger partial charge on any atom is 0.437 e. The highest BCUT2D eigenvalue weighted by atomic mass is 19.1. The van der Waals surface area contributed by atoms with Crippen molar-refractivity contribution in [3.63, 3.8) is 0 Å². The normalized spacial score (nSPS) is 12.3. The van der Waals surface area contributed by atoms with Crippen molar-refractivity contribution in [2.75, 3.05) is 6.61 Å². The van der Waals surface area contributed by atoms with Crippen molar-refractivity contribution in [3.05, 3.63) is 59.0 Å². The zero-order valence-corrected chi connectivity index (χ0v) is 11.9. The molecule has 0 saturated carbocycles. The first kappa shape index (κ1) is 15.0. The van der Waals surface area contributed by atoms with Gasteiger partial charge >= 0.3 is 5.76 Å². The van der Waals surface area contributed by atoms with Crippen molar-refractivity contribution >= 4 is 0 Å². The fourth-order valence-electron chi connectivity index (χ4n) is 1.92. The van der Waals surface area contributed by atoms with Crippen molar-refractivity contribution in [2.24, 2.45) is 0 Å². The molecular formula is C15H13FN2O5. The van der Waals surface area contributed by atoms with Gasteiger partial charge in [-0.2, -0.15) is 4.68 Å². The average molecular weight is 320 g/mol. The Morgan fingerprint density at radius 2 is 2.13 bits per heavy atom. The van der Waals surface area contributed by atoms with Gasteiger partial charge in [0.15, 0.2) is 17.3 Å². The quantitative estimate of drug-likeness (QED) is 0.743. The highest BCUT2D eigenvalue weighted by molar-refractivity contribution is 5.42. The van der Waals surface area contributed by atoms with Gasteiger partial charge in [-0.3, -0.25) is 0 Å². The molecule has 3 aromatic rings. The lowest BCUT2D eigenvalue weighted by molar-refractivity contribution is 0.0856. The summed E-state index contributed by atoms with van der Waals surface area (Å²) in [5.74, 6) is -0.921. The molecule has 0 amide bonds. The van der Waals surface area contributed by atoms with Gasteiger partial charge in [0.1, 0.15) is 12.7 Å². The lowest BCUT2D eigenvalue weighted by Crippen LogP contribution is -2.29. The molecule has 0 aliphatic heterocycles. The average Bonchev–Trinajstić information content (AvgIpc) is 3.17. The summed E-state index contributed by atoms with van der Waals surface area (Å²) in [6.07, 6.45) is 0.354. The highest BCUT2D eigenvalue weighted by Gasteiger charge is 2.16. The molecule has 3 rings (SSSR count). The number of benzene rings is 1. The number of halogens is 1. The summed E-state index contributed by atoms with van der Waals surface area (Å²) in [5, 5.41) is 13.8. The number of aliphatic hydroxyl groups excluding tert-OH is 1. The molecule has 7 nitrogen and oxygen atoms in total. The van der Waals surface area contributed by atoms with E-state index in [9.17, 15) is 14.3 Å². The van der Waals surface area contributed by atoms with Crippen molar-refractivity contribution < 1.29 is 23.1 Å². The molecule has 1 N–H and O–H groups in total. The second kappa shape index (κ2) is 6.49. The summed E-state index contributed by atoms with van der Waals surface area (Å²) < 4.78 is 29.5. The minimum Gasteiger partial charge on any atom is -0.488 e. The predicted molar refractivity (Wildman–Crippen MR) is 76.4 cm³/mol. The van der Waals surface area contributed by atoms with Crippen LogP contribution in [0.3, 0.4) is 0 Å². The number of para-hydroxylation sites is 1. The Labute approximate surface area is 129 Å². The Balaban J connectivity index is 1.63. The Kier molecular flexibility index (Phi) is 4.24. The van der Waals surface area contributed by atoms with Crippen LogP contribution in [-0.2, 0) is 6.54 Å². The van der Waals surface area contributed by atoms with Crippen LogP contribution in [0.5, 0.6) is 5.75 Å². The monoisotopic (exact) mass is 320 g/mol.